The maximum absolute atomic E-state index is 12.8. The molecule has 0 radical (unpaired) electrons. The minimum atomic E-state index is -0.334. The van der Waals surface area contributed by atoms with Crippen LogP contribution in [0.2, 0.25) is 0 Å². The van der Waals surface area contributed by atoms with Gasteiger partial charge in [-0.3, -0.25) is 9.78 Å². The second kappa shape index (κ2) is 7.67. The number of aromatic nitrogens is 2. The molecule has 0 fully saturated rings. The summed E-state index contributed by atoms with van der Waals surface area (Å²) in [5.74, 6) is -0.161. The zero-order valence-corrected chi connectivity index (χ0v) is 14.8. The molecule has 6 nitrogen and oxygen atoms in total. The van der Waals surface area contributed by atoms with Gasteiger partial charge in [-0.15, -0.1) is 0 Å². The Morgan fingerprint density at radius 3 is 2.64 bits per heavy atom. The Bertz CT molecular complexity index is 1160. The molecular weight excluding hydrogens is 352 g/mol. The van der Waals surface area contributed by atoms with Crippen molar-refractivity contribution in [3.05, 3.63) is 90.3 Å². The summed E-state index contributed by atoms with van der Waals surface area (Å²) in [5, 5.41) is 14.1. The van der Waals surface area contributed by atoms with Gasteiger partial charge in [0.15, 0.2) is 0 Å². The number of hydrogen-bond donors (Lipinski definition) is 2. The summed E-state index contributed by atoms with van der Waals surface area (Å²) in [6.07, 6.45) is 4.92. The Hall–Kier alpha value is -4.06. The zero-order chi connectivity index (χ0) is 19.3. The van der Waals surface area contributed by atoms with Crippen LogP contribution in [0, 0.1) is 0 Å². The minimum Gasteiger partial charge on any atom is -0.508 e. The fourth-order valence-corrected chi connectivity index (χ4v) is 2.81. The molecule has 136 valence electrons. The van der Waals surface area contributed by atoms with E-state index in [9.17, 15) is 9.90 Å². The van der Waals surface area contributed by atoms with E-state index in [1.165, 1.54) is 6.21 Å². The average Bonchev–Trinajstić information content (AvgIpc) is 2.75. The largest absolute Gasteiger partial charge is 0.508 e. The summed E-state index contributed by atoms with van der Waals surface area (Å²) in [6.45, 7) is 0. The van der Waals surface area contributed by atoms with Crippen LogP contribution in [0.1, 0.15) is 15.9 Å². The molecule has 2 heterocycles. The molecule has 0 unspecified atom stereocenters. The second-order valence-corrected chi connectivity index (χ2v) is 6.10. The van der Waals surface area contributed by atoms with E-state index in [0.717, 1.165) is 22.0 Å². The molecule has 0 aliphatic heterocycles. The van der Waals surface area contributed by atoms with E-state index in [2.05, 4.69) is 20.5 Å². The average molecular weight is 368 g/mol. The molecule has 1 amide bonds. The molecule has 28 heavy (non-hydrogen) atoms. The van der Waals surface area contributed by atoms with E-state index >= 15 is 0 Å². The zero-order valence-electron chi connectivity index (χ0n) is 14.8. The van der Waals surface area contributed by atoms with E-state index in [1.807, 2.05) is 36.4 Å². The molecule has 0 bridgehead atoms. The van der Waals surface area contributed by atoms with E-state index in [-0.39, 0.29) is 11.7 Å². The number of benzene rings is 2. The van der Waals surface area contributed by atoms with Crippen molar-refractivity contribution in [2.45, 2.75) is 0 Å². The van der Waals surface area contributed by atoms with Gasteiger partial charge in [0.2, 0.25) is 0 Å². The van der Waals surface area contributed by atoms with Crippen molar-refractivity contribution in [2.75, 3.05) is 0 Å². The number of phenolic OH excluding ortho intramolecular Hbond substituents is 1. The van der Waals surface area contributed by atoms with Crippen LogP contribution < -0.4 is 5.43 Å². The predicted octanol–water partition coefficient (Wildman–Crippen LogP) is 3.77. The first-order valence-corrected chi connectivity index (χ1v) is 8.63. The Morgan fingerprint density at radius 2 is 1.86 bits per heavy atom. The Kier molecular flexibility index (Phi) is 4.76. The molecule has 4 aromatic rings. The Balaban J connectivity index is 1.66. The molecule has 0 spiro atoms. The molecule has 2 aromatic heterocycles. The van der Waals surface area contributed by atoms with Gasteiger partial charge in [0.25, 0.3) is 5.91 Å². The molecule has 2 aromatic carbocycles. The third-order valence-electron chi connectivity index (χ3n) is 4.19. The molecule has 0 aliphatic rings. The van der Waals surface area contributed by atoms with E-state index in [0.29, 0.717) is 11.3 Å². The summed E-state index contributed by atoms with van der Waals surface area (Å²) in [5.41, 5.74) is 6.01. The monoisotopic (exact) mass is 368 g/mol. The smallest absolute Gasteiger partial charge is 0.272 e. The first kappa shape index (κ1) is 17.4. The van der Waals surface area contributed by atoms with Gasteiger partial charge < -0.3 is 5.11 Å². The van der Waals surface area contributed by atoms with Crippen molar-refractivity contribution < 1.29 is 9.90 Å². The highest BCUT2D eigenvalue weighted by atomic mass is 16.3. The molecule has 0 aliphatic carbocycles. The lowest BCUT2D eigenvalue weighted by Gasteiger charge is -2.08. The summed E-state index contributed by atoms with van der Waals surface area (Å²) in [4.78, 5) is 21.5. The van der Waals surface area contributed by atoms with Gasteiger partial charge in [0, 0.05) is 23.3 Å². The first-order chi connectivity index (χ1) is 13.7. The summed E-state index contributed by atoms with van der Waals surface area (Å²) in [6, 6.07) is 19.4. The number of carbonyl (C=O) groups excluding carboxylic acids is 1. The number of amides is 1. The summed E-state index contributed by atoms with van der Waals surface area (Å²) >= 11 is 0. The molecule has 0 saturated carbocycles. The SMILES string of the molecule is O=C(NN=Cc1ccc(O)cc1)c1cc(-c2cccnc2)nc2ccccc12. The van der Waals surface area contributed by atoms with Gasteiger partial charge in [0.05, 0.1) is 23.0 Å². The second-order valence-electron chi connectivity index (χ2n) is 6.10. The number of para-hydroxylation sites is 1. The number of carbonyl (C=O) groups is 1. The number of nitrogens with one attached hydrogen (secondary N) is 1. The normalized spacial score (nSPS) is 11.0. The Labute approximate surface area is 161 Å². The van der Waals surface area contributed by atoms with Crippen LogP contribution in [-0.2, 0) is 0 Å². The lowest BCUT2D eigenvalue weighted by Crippen LogP contribution is -2.18. The van der Waals surface area contributed by atoms with Crippen molar-refractivity contribution in [1.29, 1.82) is 0 Å². The van der Waals surface area contributed by atoms with Crippen molar-refractivity contribution in [2.24, 2.45) is 5.10 Å². The molecule has 4 rings (SSSR count). The predicted molar refractivity (Wildman–Crippen MR) is 108 cm³/mol. The topological polar surface area (TPSA) is 87.5 Å². The third-order valence-corrected chi connectivity index (χ3v) is 4.19. The maximum atomic E-state index is 12.8. The maximum Gasteiger partial charge on any atom is 0.272 e. The van der Waals surface area contributed by atoms with Crippen molar-refractivity contribution in [1.82, 2.24) is 15.4 Å². The molecule has 0 saturated heterocycles. The summed E-state index contributed by atoms with van der Waals surface area (Å²) < 4.78 is 0. The lowest BCUT2D eigenvalue weighted by atomic mass is 10.0. The molecule has 6 heteroatoms. The minimum absolute atomic E-state index is 0.173. The van der Waals surface area contributed by atoms with Crippen LogP contribution in [-0.4, -0.2) is 27.2 Å². The Morgan fingerprint density at radius 1 is 1.04 bits per heavy atom. The van der Waals surface area contributed by atoms with Gasteiger partial charge in [-0.05, 0) is 54.1 Å². The van der Waals surface area contributed by atoms with Gasteiger partial charge in [-0.1, -0.05) is 18.2 Å². The fourth-order valence-electron chi connectivity index (χ4n) is 2.81. The van der Waals surface area contributed by atoms with Crippen LogP contribution in [0.4, 0.5) is 0 Å². The van der Waals surface area contributed by atoms with Gasteiger partial charge in [0.1, 0.15) is 5.75 Å². The van der Waals surface area contributed by atoms with E-state index in [1.54, 1.807) is 42.7 Å². The molecule has 2 N–H and O–H groups in total. The number of hydrazone groups is 1. The number of fused-ring (bicyclic) bond motifs is 1. The lowest BCUT2D eigenvalue weighted by molar-refractivity contribution is 0.0956. The van der Waals surface area contributed by atoms with Crippen LogP contribution in [0.15, 0.2) is 84.2 Å². The first-order valence-electron chi connectivity index (χ1n) is 8.63. The van der Waals surface area contributed by atoms with E-state index < -0.39 is 0 Å². The van der Waals surface area contributed by atoms with Crippen LogP contribution in [0.3, 0.4) is 0 Å². The van der Waals surface area contributed by atoms with Crippen LogP contribution in [0.25, 0.3) is 22.2 Å². The van der Waals surface area contributed by atoms with Crippen molar-refractivity contribution in [3.8, 4) is 17.0 Å². The standard InChI is InChI=1S/C22H16N4O2/c27-17-9-7-15(8-10-17)13-24-26-22(28)19-12-21(16-4-3-11-23-14-16)25-20-6-2-1-5-18(19)20/h1-14,27H,(H,26,28). The quantitative estimate of drug-likeness (QED) is 0.424. The highest BCUT2D eigenvalue weighted by molar-refractivity contribution is 6.07. The number of rotatable bonds is 4. The van der Waals surface area contributed by atoms with Gasteiger partial charge in [-0.25, -0.2) is 10.4 Å². The van der Waals surface area contributed by atoms with Crippen LogP contribution >= 0.6 is 0 Å². The summed E-state index contributed by atoms with van der Waals surface area (Å²) in [7, 11) is 0. The van der Waals surface area contributed by atoms with Crippen molar-refractivity contribution >= 4 is 23.0 Å². The van der Waals surface area contributed by atoms with Gasteiger partial charge in [-0.2, -0.15) is 5.10 Å². The number of nitrogens with zero attached hydrogens (tertiary/aromatic N) is 3. The number of aromatic hydroxyl groups is 1. The highest BCUT2D eigenvalue weighted by Crippen LogP contribution is 2.24. The fraction of sp³-hybridized carbons (Fsp3) is 0. The number of hydrogen-bond acceptors (Lipinski definition) is 5. The van der Waals surface area contributed by atoms with Crippen molar-refractivity contribution in [3.63, 3.8) is 0 Å². The molecular formula is C22H16N4O2. The number of pyridine rings is 2. The highest BCUT2D eigenvalue weighted by Gasteiger charge is 2.13. The number of phenols is 1. The van der Waals surface area contributed by atoms with Crippen LogP contribution in [0.5, 0.6) is 5.75 Å². The van der Waals surface area contributed by atoms with Gasteiger partial charge >= 0.3 is 0 Å². The molecule has 0 atom stereocenters. The third kappa shape index (κ3) is 3.71. The van der Waals surface area contributed by atoms with E-state index in [4.69, 9.17) is 0 Å².